The zero-order valence-electron chi connectivity index (χ0n) is 12.3. The number of rotatable bonds is 6. The lowest BCUT2D eigenvalue weighted by molar-refractivity contribution is -0.137. The zero-order valence-corrected chi connectivity index (χ0v) is 13.9. The summed E-state index contributed by atoms with van der Waals surface area (Å²) in [5, 5.41) is 0. The molecule has 0 spiro atoms. The number of alkyl halides is 3. The maximum absolute atomic E-state index is 12.5. The molecule has 0 aliphatic carbocycles. The normalized spacial score (nSPS) is 12.8. The Bertz CT molecular complexity index is 562. The standard InChI is InChI=1S/C13H19F3N2O2S.ClH/c1-3-12(4-2,9-17)18-21(19,20)11-7-5-10(6-8-11)13(14,15)16;/h5-8,18H,3-4,9,17H2,1-2H3;1H. The molecule has 0 heterocycles. The van der Waals surface area contributed by atoms with Crippen LogP contribution in [-0.4, -0.2) is 20.5 Å². The molecule has 0 bridgehead atoms. The molecule has 1 aromatic carbocycles. The van der Waals surface area contributed by atoms with Crippen LogP contribution in [0, 0.1) is 0 Å². The Hall–Kier alpha value is -0.830. The average molecular weight is 361 g/mol. The molecule has 1 rings (SSSR count). The molecule has 0 unspecified atom stereocenters. The largest absolute Gasteiger partial charge is 0.416 e. The quantitative estimate of drug-likeness (QED) is 0.819. The minimum absolute atomic E-state index is 0. The second-order valence-corrected chi connectivity index (χ2v) is 6.50. The minimum Gasteiger partial charge on any atom is -0.329 e. The summed E-state index contributed by atoms with van der Waals surface area (Å²) in [6.45, 7) is 3.71. The summed E-state index contributed by atoms with van der Waals surface area (Å²) in [5.41, 5.74) is 3.94. The van der Waals surface area contributed by atoms with E-state index in [9.17, 15) is 21.6 Å². The highest BCUT2D eigenvalue weighted by Crippen LogP contribution is 2.30. The second-order valence-electron chi connectivity index (χ2n) is 4.82. The number of nitrogens with two attached hydrogens (primary N) is 1. The smallest absolute Gasteiger partial charge is 0.329 e. The van der Waals surface area contributed by atoms with Crippen molar-refractivity contribution in [2.45, 2.75) is 43.3 Å². The van der Waals surface area contributed by atoms with Crippen molar-refractivity contribution in [2.75, 3.05) is 6.54 Å². The van der Waals surface area contributed by atoms with Gasteiger partial charge in [0.25, 0.3) is 0 Å². The molecule has 0 atom stereocenters. The number of nitrogens with one attached hydrogen (secondary N) is 1. The van der Waals surface area contributed by atoms with Crippen LogP contribution in [0.3, 0.4) is 0 Å². The molecule has 0 aliphatic rings. The molecule has 0 saturated heterocycles. The van der Waals surface area contributed by atoms with E-state index in [0.717, 1.165) is 24.3 Å². The van der Waals surface area contributed by atoms with Crippen molar-refractivity contribution in [3.05, 3.63) is 29.8 Å². The van der Waals surface area contributed by atoms with Gasteiger partial charge in [0.05, 0.1) is 10.5 Å². The Morgan fingerprint density at radius 3 is 1.86 bits per heavy atom. The van der Waals surface area contributed by atoms with Crippen LogP contribution < -0.4 is 10.5 Å². The molecular weight excluding hydrogens is 341 g/mol. The molecular formula is C13H20ClF3N2O2S. The third-order valence-corrected chi connectivity index (χ3v) is 5.18. The lowest BCUT2D eigenvalue weighted by atomic mass is 9.95. The fourth-order valence-electron chi connectivity index (χ4n) is 1.89. The van der Waals surface area contributed by atoms with Gasteiger partial charge in [0, 0.05) is 12.1 Å². The first-order valence-electron chi connectivity index (χ1n) is 6.51. The van der Waals surface area contributed by atoms with Gasteiger partial charge in [-0.15, -0.1) is 12.4 Å². The molecule has 0 radical (unpaired) electrons. The Balaban J connectivity index is 0.00000441. The van der Waals surface area contributed by atoms with Crippen molar-refractivity contribution < 1.29 is 21.6 Å². The number of halogens is 4. The maximum atomic E-state index is 12.5. The van der Waals surface area contributed by atoms with Gasteiger partial charge >= 0.3 is 6.18 Å². The van der Waals surface area contributed by atoms with Gasteiger partial charge in [-0.3, -0.25) is 0 Å². The molecule has 0 amide bonds. The SMILES string of the molecule is CCC(CC)(CN)NS(=O)(=O)c1ccc(C(F)(F)F)cc1.Cl. The lowest BCUT2D eigenvalue weighted by Crippen LogP contribution is -2.52. The first kappa shape index (κ1) is 21.2. The number of hydrogen-bond donors (Lipinski definition) is 2. The van der Waals surface area contributed by atoms with E-state index in [2.05, 4.69) is 4.72 Å². The Labute approximate surface area is 134 Å². The number of benzene rings is 1. The van der Waals surface area contributed by atoms with Crippen molar-refractivity contribution in [1.82, 2.24) is 4.72 Å². The molecule has 0 aliphatic heterocycles. The Morgan fingerprint density at radius 1 is 1.09 bits per heavy atom. The van der Waals surface area contributed by atoms with Gasteiger partial charge in [0.15, 0.2) is 0 Å². The first-order chi connectivity index (χ1) is 9.60. The van der Waals surface area contributed by atoms with E-state index in [1.165, 1.54) is 0 Å². The summed E-state index contributed by atoms with van der Waals surface area (Å²) in [4.78, 5) is -0.213. The summed E-state index contributed by atoms with van der Waals surface area (Å²) >= 11 is 0. The number of hydrogen-bond acceptors (Lipinski definition) is 3. The highest BCUT2D eigenvalue weighted by Gasteiger charge is 2.33. The van der Waals surface area contributed by atoms with E-state index >= 15 is 0 Å². The minimum atomic E-state index is -4.50. The topological polar surface area (TPSA) is 72.2 Å². The van der Waals surface area contributed by atoms with Gasteiger partial charge < -0.3 is 5.73 Å². The van der Waals surface area contributed by atoms with Gasteiger partial charge in [-0.05, 0) is 37.1 Å². The van der Waals surface area contributed by atoms with E-state index in [-0.39, 0.29) is 23.8 Å². The van der Waals surface area contributed by atoms with Gasteiger partial charge in [-0.2, -0.15) is 13.2 Å². The van der Waals surface area contributed by atoms with Crippen molar-refractivity contribution in [3.63, 3.8) is 0 Å². The van der Waals surface area contributed by atoms with Crippen LogP contribution >= 0.6 is 12.4 Å². The van der Waals surface area contributed by atoms with Gasteiger partial charge in [0.1, 0.15) is 0 Å². The van der Waals surface area contributed by atoms with Crippen molar-refractivity contribution in [1.29, 1.82) is 0 Å². The Kier molecular flexibility index (Phi) is 7.34. The molecule has 4 nitrogen and oxygen atoms in total. The average Bonchev–Trinajstić information content (AvgIpc) is 2.44. The molecule has 3 N–H and O–H groups in total. The lowest BCUT2D eigenvalue weighted by Gasteiger charge is -2.31. The van der Waals surface area contributed by atoms with Crippen LogP contribution in [0.5, 0.6) is 0 Å². The second kappa shape index (κ2) is 7.63. The molecule has 22 heavy (non-hydrogen) atoms. The van der Waals surface area contributed by atoms with Gasteiger partial charge in [-0.25, -0.2) is 13.1 Å². The van der Waals surface area contributed by atoms with E-state index in [0.29, 0.717) is 12.8 Å². The van der Waals surface area contributed by atoms with Crippen LogP contribution in [0.2, 0.25) is 0 Å². The molecule has 1 aromatic rings. The van der Waals surface area contributed by atoms with Crippen LogP contribution in [0.15, 0.2) is 29.2 Å². The fourth-order valence-corrected chi connectivity index (χ4v) is 3.45. The van der Waals surface area contributed by atoms with Crippen LogP contribution in [0.25, 0.3) is 0 Å². The molecule has 0 aromatic heterocycles. The van der Waals surface area contributed by atoms with E-state index < -0.39 is 27.3 Å². The van der Waals surface area contributed by atoms with Gasteiger partial charge in [-0.1, -0.05) is 13.8 Å². The van der Waals surface area contributed by atoms with Crippen molar-refractivity contribution in [2.24, 2.45) is 5.73 Å². The fraction of sp³-hybridized carbons (Fsp3) is 0.538. The summed E-state index contributed by atoms with van der Waals surface area (Å²) < 4.78 is 64.4. The predicted molar refractivity (Wildman–Crippen MR) is 81.4 cm³/mol. The summed E-state index contributed by atoms with van der Waals surface area (Å²) in [6, 6.07) is 3.38. The van der Waals surface area contributed by atoms with Crippen molar-refractivity contribution in [3.8, 4) is 0 Å². The summed E-state index contributed by atoms with van der Waals surface area (Å²) in [6.07, 6.45) is -3.52. The van der Waals surface area contributed by atoms with E-state index in [1.807, 2.05) is 0 Å². The highest BCUT2D eigenvalue weighted by atomic mass is 35.5. The molecule has 128 valence electrons. The Morgan fingerprint density at radius 2 is 1.55 bits per heavy atom. The molecule has 0 saturated carbocycles. The first-order valence-corrected chi connectivity index (χ1v) is 8.00. The molecule has 9 heteroatoms. The highest BCUT2D eigenvalue weighted by molar-refractivity contribution is 7.89. The van der Waals surface area contributed by atoms with Crippen LogP contribution in [-0.2, 0) is 16.2 Å². The summed E-state index contributed by atoms with van der Waals surface area (Å²) in [7, 11) is -3.91. The van der Waals surface area contributed by atoms with Crippen LogP contribution in [0.4, 0.5) is 13.2 Å². The monoisotopic (exact) mass is 360 g/mol. The summed E-state index contributed by atoms with van der Waals surface area (Å²) in [5.74, 6) is 0. The third kappa shape index (κ3) is 4.84. The van der Waals surface area contributed by atoms with Gasteiger partial charge in [0.2, 0.25) is 10.0 Å². The van der Waals surface area contributed by atoms with E-state index in [4.69, 9.17) is 5.73 Å². The zero-order chi connectivity index (χ0) is 16.3. The van der Waals surface area contributed by atoms with E-state index in [1.54, 1.807) is 13.8 Å². The predicted octanol–water partition coefficient (Wildman–Crippen LogP) is 2.92. The number of sulfonamides is 1. The van der Waals surface area contributed by atoms with Crippen molar-refractivity contribution >= 4 is 22.4 Å². The maximum Gasteiger partial charge on any atom is 0.416 e. The third-order valence-electron chi connectivity index (χ3n) is 3.59. The van der Waals surface area contributed by atoms with Crippen LogP contribution in [0.1, 0.15) is 32.3 Å². The molecule has 0 fully saturated rings.